The molecule has 17 heteroatoms. The lowest BCUT2D eigenvalue weighted by Gasteiger charge is -2.50. The van der Waals surface area contributed by atoms with Gasteiger partial charge in [-0.3, -0.25) is 11.7 Å². The summed E-state index contributed by atoms with van der Waals surface area (Å²) in [5.41, 5.74) is -1.19. The fourth-order valence-corrected chi connectivity index (χ4v) is 5.79. The van der Waals surface area contributed by atoms with Crippen LogP contribution in [0, 0.1) is 11.8 Å². The van der Waals surface area contributed by atoms with Crippen molar-refractivity contribution in [2.45, 2.75) is 144 Å². The number of hydrazine groups is 2. The molecule has 0 rings (SSSR count). The number of esters is 2. The zero-order valence-corrected chi connectivity index (χ0v) is 37.3. The topological polar surface area (TPSA) is 243 Å². The molecule has 0 aromatic carbocycles. The molecule has 17 nitrogen and oxygen atoms in total. The number of hydrogen-bond acceptors (Lipinski definition) is 15. The van der Waals surface area contributed by atoms with Gasteiger partial charge in [0, 0.05) is 44.4 Å². The molecule has 0 spiro atoms. The number of hydrogen-bond donors (Lipinski definition) is 6. The maximum absolute atomic E-state index is 12.0. The van der Waals surface area contributed by atoms with Crippen LogP contribution in [0.1, 0.15) is 121 Å². The first-order valence-corrected chi connectivity index (χ1v) is 20.4. The normalized spacial score (nSPS) is 17.1. The lowest BCUT2D eigenvalue weighted by atomic mass is 9.93. The van der Waals surface area contributed by atoms with Crippen molar-refractivity contribution in [3.63, 3.8) is 0 Å². The number of nitrogens with two attached hydrogens (primary N) is 6. The van der Waals surface area contributed by atoms with E-state index in [1.807, 2.05) is 76.2 Å². The zero-order valence-electron chi connectivity index (χ0n) is 37.3. The van der Waals surface area contributed by atoms with Crippen molar-refractivity contribution < 1.29 is 42.9 Å². The predicted molar refractivity (Wildman–Crippen MR) is 223 cm³/mol. The Bertz CT molecular complexity index is 1310. The van der Waals surface area contributed by atoms with Gasteiger partial charge in [0.2, 0.25) is 0 Å². The first-order valence-electron chi connectivity index (χ1n) is 20.4. The third-order valence-electron chi connectivity index (χ3n) is 10.9. The molecule has 0 aliphatic heterocycles. The van der Waals surface area contributed by atoms with Crippen LogP contribution < -0.4 is 35.1 Å². The molecular formula is C40H82N10O7+2. The molecule has 57 heavy (non-hydrogen) atoms. The Morgan fingerprint density at radius 2 is 1.18 bits per heavy atom. The number of nitrogens with zero attached hydrogens (tertiary/aromatic N) is 4. The van der Waals surface area contributed by atoms with Crippen molar-refractivity contribution >= 4 is 11.9 Å². The summed E-state index contributed by atoms with van der Waals surface area (Å²) < 4.78 is 22.2. The predicted octanol–water partition coefficient (Wildman–Crippen LogP) is 3.98. The van der Waals surface area contributed by atoms with E-state index in [0.717, 1.165) is 0 Å². The van der Waals surface area contributed by atoms with Gasteiger partial charge in [-0.15, -0.1) is 22.1 Å². The Hall–Kier alpha value is -2.58. The monoisotopic (exact) mass is 815 g/mol. The van der Waals surface area contributed by atoms with E-state index in [9.17, 15) is 9.59 Å². The molecule has 4 atom stereocenters. The largest absolute Gasteiger partial charge is 0.460 e. The summed E-state index contributed by atoms with van der Waals surface area (Å²) in [7, 11) is 0. The van der Waals surface area contributed by atoms with Gasteiger partial charge in [-0.1, -0.05) is 79.0 Å². The minimum atomic E-state index is -1.31. The van der Waals surface area contributed by atoms with Gasteiger partial charge in [-0.25, -0.2) is 19.6 Å². The van der Waals surface area contributed by atoms with Crippen LogP contribution in [0.2, 0.25) is 0 Å². The Morgan fingerprint density at radius 1 is 0.719 bits per heavy atom. The van der Waals surface area contributed by atoms with Crippen LogP contribution in [-0.4, -0.2) is 100 Å². The molecule has 0 saturated carbocycles. The van der Waals surface area contributed by atoms with Crippen molar-refractivity contribution in [1.29, 1.82) is 0 Å². The summed E-state index contributed by atoms with van der Waals surface area (Å²) in [4.78, 5) is 29.9. The molecular weight excluding hydrogens is 733 g/mol. The zero-order chi connectivity index (χ0) is 44.1. The Morgan fingerprint density at radius 3 is 1.56 bits per heavy atom. The van der Waals surface area contributed by atoms with E-state index in [-0.39, 0.29) is 51.4 Å². The average Bonchev–Trinajstić information content (AvgIpc) is 3.16. The average molecular weight is 815 g/mol. The van der Waals surface area contributed by atoms with E-state index in [4.69, 9.17) is 58.8 Å². The molecule has 0 radical (unpaired) electrons. The SMILES string of the molecule is C=C=CCCC(CC)(O[N+](N)(N)C(C)(CC)CCN(N)C(C)(CC)OCCOC(=O)/C=C/C(C)C)[N+](N)(N)CCN(N)C(C)(CC)OCCOC(=O)/C=C\C(C)C. The summed E-state index contributed by atoms with van der Waals surface area (Å²) in [6.45, 7) is 26.1. The number of ether oxygens (including phenoxy) is 4. The second-order valence-electron chi connectivity index (χ2n) is 16.0. The van der Waals surface area contributed by atoms with Gasteiger partial charge in [0.1, 0.15) is 31.2 Å². The third-order valence-corrected chi connectivity index (χ3v) is 10.9. The van der Waals surface area contributed by atoms with E-state index in [1.54, 1.807) is 23.2 Å². The number of carbonyl (C=O) groups is 2. The van der Waals surface area contributed by atoms with Gasteiger partial charge in [-0.2, -0.15) is 11.7 Å². The van der Waals surface area contributed by atoms with E-state index < -0.39 is 44.2 Å². The number of rotatable bonds is 31. The highest BCUT2D eigenvalue weighted by Crippen LogP contribution is 2.36. The van der Waals surface area contributed by atoms with Crippen molar-refractivity contribution in [2.24, 2.45) is 46.9 Å². The third kappa shape index (κ3) is 17.7. The standard InChI is InChI=1S/C40H82N10O7/c1-13-18-19-24-40(17-5,49(43,44)28-27-48(42)39(12,16-4)56-32-30-54-36(52)23-21-34(8)9)57-50(45,46)37(10,14-2)25-26-47(41)38(11,15-3)55-31-29-53-35(51)22-20-33(6)7/h18,20-23,33-34H,1,14-17,19,24-32,41-46H2,2-12H3/q+2/b22-20+,23-21-. The van der Waals surface area contributed by atoms with Crippen molar-refractivity contribution in [1.82, 2.24) is 10.0 Å². The minimum absolute atomic E-state index is 0.0612. The fraction of sp³-hybridized carbons (Fsp3) is 0.775. The van der Waals surface area contributed by atoms with Crippen LogP contribution in [0.25, 0.3) is 0 Å². The second kappa shape index (κ2) is 25.1. The van der Waals surface area contributed by atoms with Gasteiger partial charge in [-0.05, 0) is 62.8 Å². The molecule has 0 aromatic heterocycles. The number of quaternary nitrogens is 2. The van der Waals surface area contributed by atoms with Crippen molar-refractivity contribution in [2.75, 3.05) is 46.1 Å². The number of carbonyl (C=O) groups excluding carboxylic acids is 2. The molecule has 0 saturated heterocycles. The van der Waals surface area contributed by atoms with E-state index in [0.29, 0.717) is 51.5 Å². The number of allylic oxidation sites excluding steroid dienone is 3. The van der Waals surface area contributed by atoms with E-state index >= 15 is 0 Å². The molecule has 0 aromatic rings. The molecule has 0 aliphatic carbocycles. The highest BCUT2D eigenvalue weighted by molar-refractivity contribution is 5.82. The lowest BCUT2D eigenvalue weighted by molar-refractivity contribution is -1.21. The molecule has 0 aliphatic rings. The fourth-order valence-electron chi connectivity index (χ4n) is 5.79. The maximum Gasteiger partial charge on any atom is 0.330 e. The molecule has 0 bridgehead atoms. The maximum atomic E-state index is 12.0. The summed E-state index contributed by atoms with van der Waals surface area (Å²) >= 11 is 0. The van der Waals surface area contributed by atoms with Gasteiger partial charge in [0.25, 0.3) is 5.72 Å². The van der Waals surface area contributed by atoms with Gasteiger partial charge in [0.05, 0.1) is 19.8 Å². The summed E-state index contributed by atoms with van der Waals surface area (Å²) in [6.07, 6.45) is 11.3. The summed E-state index contributed by atoms with van der Waals surface area (Å²) in [5.74, 6) is 40.7. The lowest BCUT2D eigenvalue weighted by Crippen LogP contribution is -2.82. The first-order chi connectivity index (χ1) is 26.4. The van der Waals surface area contributed by atoms with Crippen LogP contribution in [0.4, 0.5) is 0 Å². The summed E-state index contributed by atoms with van der Waals surface area (Å²) in [5, 5.41) is 3.14. The minimum Gasteiger partial charge on any atom is -0.460 e. The quantitative estimate of drug-likeness (QED) is 0.00848. The molecule has 12 N–H and O–H groups in total. The van der Waals surface area contributed by atoms with Gasteiger partial charge < -0.3 is 18.9 Å². The number of hydroxylamine groups is 1. The van der Waals surface area contributed by atoms with Gasteiger partial charge in [0.15, 0.2) is 5.54 Å². The smallest absolute Gasteiger partial charge is 0.330 e. The first kappa shape index (κ1) is 54.4. The molecule has 4 unspecified atom stereocenters. The highest BCUT2D eigenvalue weighted by atomic mass is 16.8. The van der Waals surface area contributed by atoms with E-state index in [2.05, 4.69) is 12.3 Å². The molecule has 332 valence electrons. The van der Waals surface area contributed by atoms with Crippen LogP contribution in [0.5, 0.6) is 0 Å². The van der Waals surface area contributed by atoms with Gasteiger partial charge >= 0.3 is 11.9 Å². The van der Waals surface area contributed by atoms with Crippen LogP contribution in [-0.2, 0) is 33.4 Å². The highest BCUT2D eigenvalue weighted by Gasteiger charge is 2.59. The Balaban J connectivity index is 6.02. The van der Waals surface area contributed by atoms with Crippen molar-refractivity contribution in [3.05, 3.63) is 42.7 Å². The van der Waals surface area contributed by atoms with Crippen LogP contribution >= 0.6 is 0 Å². The van der Waals surface area contributed by atoms with Crippen LogP contribution in [0.15, 0.2) is 42.7 Å². The molecule has 0 fully saturated rings. The molecule has 0 amide bonds. The van der Waals surface area contributed by atoms with Crippen LogP contribution in [0.3, 0.4) is 0 Å². The second-order valence-corrected chi connectivity index (χ2v) is 16.0. The summed E-state index contributed by atoms with van der Waals surface area (Å²) in [6, 6.07) is 0. The van der Waals surface area contributed by atoms with Crippen molar-refractivity contribution in [3.8, 4) is 0 Å². The molecule has 0 heterocycles. The Kier molecular flexibility index (Phi) is 24.0. The van der Waals surface area contributed by atoms with E-state index in [1.165, 1.54) is 17.2 Å². The Labute approximate surface area is 343 Å².